The van der Waals surface area contributed by atoms with Gasteiger partial charge in [-0.05, 0) is 37.6 Å². The fourth-order valence-corrected chi connectivity index (χ4v) is 2.48. The largest absolute Gasteiger partial charge is 0.497 e. The summed E-state index contributed by atoms with van der Waals surface area (Å²) in [5.74, 6) is -0.114. The minimum Gasteiger partial charge on any atom is -0.497 e. The van der Waals surface area contributed by atoms with Crippen LogP contribution in [0.15, 0.2) is 24.3 Å². The number of hydrogen-bond donors (Lipinski definition) is 1. The van der Waals surface area contributed by atoms with Crippen LogP contribution in [-0.4, -0.2) is 37.1 Å². The molecule has 1 saturated heterocycles. The second-order valence-electron chi connectivity index (χ2n) is 5.27. The lowest BCUT2D eigenvalue weighted by molar-refractivity contribution is -0.269. The normalized spacial score (nSPS) is 22.7. The summed E-state index contributed by atoms with van der Waals surface area (Å²) in [5, 5.41) is 9.73. The smallest absolute Gasteiger partial charge is 0.417 e. The van der Waals surface area contributed by atoms with Crippen LogP contribution in [0.2, 0.25) is 0 Å². The second kappa shape index (κ2) is 5.16. The van der Waals surface area contributed by atoms with Crippen LogP contribution in [0.1, 0.15) is 13.3 Å². The van der Waals surface area contributed by atoms with Gasteiger partial charge in [-0.25, -0.2) is 0 Å². The molecule has 0 bridgehead atoms. The van der Waals surface area contributed by atoms with Crippen LogP contribution < -0.4 is 9.64 Å². The highest BCUT2D eigenvalue weighted by atomic mass is 19.4. The molecule has 0 saturated carbocycles. The number of methoxy groups -OCH3 is 1. The Morgan fingerprint density at radius 1 is 1.25 bits per heavy atom. The molecule has 0 aliphatic carbocycles. The molecule has 3 nitrogen and oxygen atoms in total. The number of halogens is 3. The number of nitrogens with zero attached hydrogens (tertiary/aromatic N) is 1. The van der Waals surface area contributed by atoms with Crippen molar-refractivity contribution >= 4 is 5.69 Å². The molecule has 0 aromatic heterocycles. The van der Waals surface area contributed by atoms with E-state index in [4.69, 9.17) is 4.74 Å². The summed E-state index contributed by atoms with van der Waals surface area (Å²) >= 11 is 0. The first-order valence-corrected chi connectivity index (χ1v) is 6.44. The van der Waals surface area contributed by atoms with E-state index < -0.39 is 17.7 Å². The molecule has 1 aliphatic rings. The summed E-state index contributed by atoms with van der Waals surface area (Å²) in [6.45, 7) is 1.55. The Bertz CT molecular complexity index is 456. The van der Waals surface area contributed by atoms with E-state index >= 15 is 0 Å². The molecule has 1 N–H and O–H groups in total. The Balaban J connectivity index is 2.08. The van der Waals surface area contributed by atoms with Gasteiger partial charge in [0, 0.05) is 24.7 Å². The van der Waals surface area contributed by atoms with Crippen LogP contribution in [0.4, 0.5) is 18.9 Å². The molecule has 2 unspecified atom stereocenters. The van der Waals surface area contributed by atoms with Crippen molar-refractivity contribution in [1.29, 1.82) is 0 Å². The Labute approximate surface area is 116 Å². The lowest BCUT2D eigenvalue weighted by Gasteiger charge is -2.32. The van der Waals surface area contributed by atoms with Crippen LogP contribution in [0.25, 0.3) is 0 Å². The number of benzene rings is 1. The van der Waals surface area contributed by atoms with Crippen molar-refractivity contribution in [3.63, 3.8) is 0 Å². The van der Waals surface area contributed by atoms with Crippen molar-refractivity contribution in [1.82, 2.24) is 0 Å². The van der Waals surface area contributed by atoms with Gasteiger partial charge in [0.15, 0.2) is 5.60 Å². The van der Waals surface area contributed by atoms with E-state index in [1.54, 1.807) is 19.2 Å². The number of aliphatic hydroxyl groups is 1. The van der Waals surface area contributed by atoms with E-state index in [1.165, 1.54) is 0 Å². The van der Waals surface area contributed by atoms with Crippen LogP contribution in [0, 0.1) is 5.92 Å². The molecule has 1 heterocycles. The molecule has 1 aromatic rings. The van der Waals surface area contributed by atoms with Crippen molar-refractivity contribution in [3.8, 4) is 5.75 Å². The van der Waals surface area contributed by atoms with Gasteiger partial charge in [0.05, 0.1) is 7.11 Å². The maximum absolute atomic E-state index is 12.8. The quantitative estimate of drug-likeness (QED) is 0.928. The molecule has 2 atom stereocenters. The second-order valence-corrected chi connectivity index (χ2v) is 5.27. The van der Waals surface area contributed by atoms with E-state index in [1.807, 2.05) is 17.0 Å². The standard InChI is InChI=1S/C14H18F3NO2/c1-13(19,14(15,16)17)10-7-8-18(9-10)11-3-5-12(20-2)6-4-11/h3-6,10,19H,7-9H2,1-2H3. The predicted octanol–water partition coefficient (Wildman–Crippen LogP) is 2.83. The zero-order chi connectivity index (χ0) is 15.0. The third-order valence-electron chi connectivity index (χ3n) is 3.99. The van der Waals surface area contributed by atoms with Gasteiger partial charge < -0.3 is 14.7 Å². The summed E-state index contributed by atoms with van der Waals surface area (Å²) in [5.41, 5.74) is -1.81. The third-order valence-corrected chi connectivity index (χ3v) is 3.99. The van der Waals surface area contributed by atoms with Crippen LogP contribution in [0.3, 0.4) is 0 Å². The molecule has 0 amide bonds. The lowest BCUT2D eigenvalue weighted by Crippen LogP contribution is -2.49. The van der Waals surface area contributed by atoms with Gasteiger partial charge >= 0.3 is 6.18 Å². The molecular weight excluding hydrogens is 271 g/mol. The first-order valence-electron chi connectivity index (χ1n) is 6.44. The van der Waals surface area contributed by atoms with Gasteiger partial charge in [-0.1, -0.05) is 0 Å². The summed E-state index contributed by atoms with van der Waals surface area (Å²) in [6, 6.07) is 7.15. The fourth-order valence-electron chi connectivity index (χ4n) is 2.48. The zero-order valence-corrected chi connectivity index (χ0v) is 11.4. The van der Waals surface area contributed by atoms with Gasteiger partial charge in [0.1, 0.15) is 5.75 Å². The number of ether oxygens (including phenoxy) is 1. The predicted molar refractivity (Wildman–Crippen MR) is 70.0 cm³/mol. The Hall–Kier alpha value is -1.43. The Morgan fingerprint density at radius 3 is 2.35 bits per heavy atom. The molecule has 1 fully saturated rings. The summed E-state index contributed by atoms with van der Waals surface area (Å²) < 4.78 is 43.5. The van der Waals surface area contributed by atoms with Gasteiger partial charge in [0.25, 0.3) is 0 Å². The number of anilines is 1. The highest BCUT2D eigenvalue weighted by Crippen LogP contribution is 2.41. The maximum Gasteiger partial charge on any atom is 0.417 e. The number of hydrogen-bond acceptors (Lipinski definition) is 3. The molecule has 0 radical (unpaired) electrons. The SMILES string of the molecule is COc1ccc(N2CCC(C(C)(O)C(F)(F)F)C2)cc1. The zero-order valence-electron chi connectivity index (χ0n) is 11.4. The van der Waals surface area contributed by atoms with Crippen molar-refractivity contribution in [2.75, 3.05) is 25.1 Å². The van der Waals surface area contributed by atoms with E-state index in [-0.39, 0.29) is 6.54 Å². The van der Waals surface area contributed by atoms with E-state index in [9.17, 15) is 18.3 Å². The van der Waals surface area contributed by atoms with Gasteiger partial charge in [-0.2, -0.15) is 13.2 Å². The molecule has 6 heteroatoms. The summed E-state index contributed by atoms with van der Waals surface area (Å²) in [7, 11) is 1.56. The Morgan fingerprint density at radius 2 is 1.85 bits per heavy atom. The van der Waals surface area contributed by atoms with Crippen molar-refractivity contribution < 1.29 is 23.0 Å². The molecule has 1 aliphatic heterocycles. The van der Waals surface area contributed by atoms with Crippen molar-refractivity contribution in [2.24, 2.45) is 5.92 Å². The highest BCUT2D eigenvalue weighted by molar-refractivity contribution is 5.50. The molecular formula is C14H18F3NO2. The van der Waals surface area contributed by atoms with Crippen LogP contribution >= 0.6 is 0 Å². The molecule has 1 aromatic carbocycles. The number of alkyl halides is 3. The monoisotopic (exact) mass is 289 g/mol. The molecule has 2 rings (SSSR count). The van der Waals surface area contributed by atoms with Gasteiger partial charge in [-0.3, -0.25) is 0 Å². The minimum absolute atomic E-state index is 0.193. The average Bonchev–Trinajstić information content (AvgIpc) is 2.87. The van der Waals surface area contributed by atoms with E-state index in [2.05, 4.69) is 0 Å². The lowest BCUT2D eigenvalue weighted by atomic mass is 9.88. The Kier molecular flexibility index (Phi) is 3.86. The first kappa shape index (κ1) is 15.0. The number of rotatable bonds is 3. The van der Waals surface area contributed by atoms with Crippen LogP contribution in [-0.2, 0) is 0 Å². The van der Waals surface area contributed by atoms with Crippen molar-refractivity contribution in [2.45, 2.75) is 25.1 Å². The molecule has 112 valence electrons. The van der Waals surface area contributed by atoms with E-state index in [0.29, 0.717) is 18.7 Å². The fraction of sp³-hybridized carbons (Fsp3) is 0.571. The third kappa shape index (κ3) is 2.70. The molecule has 0 spiro atoms. The van der Waals surface area contributed by atoms with Crippen molar-refractivity contribution in [3.05, 3.63) is 24.3 Å². The molecule has 20 heavy (non-hydrogen) atoms. The average molecular weight is 289 g/mol. The topological polar surface area (TPSA) is 32.7 Å². The van der Waals surface area contributed by atoms with E-state index in [0.717, 1.165) is 12.6 Å². The first-order chi connectivity index (χ1) is 9.25. The minimum atomic E-state index is -4.60. The van der Waals surface area contributed by atoms with Gasteiger partial charge in [0.2, 0.25) is 0 Å². The van der Waals surface area contributed by atoms with Crippen LogP contribution in [0.5, 0.6) is 5.75 Å². The summed E-state index contributed by atoms with van der Waals surface area (Å²) in [6.07, 6.45) is -4.29. The summed E-state index contributed by atoms with van der Waals surface area (Å²) in [4.78, 5) is 1.85. The highest BCUT2D eigenvalue weighted by Gasteiger charge is 2.56. The maximum atomic E-state index is 12.8. The van der Waals surface area contributed by atoms with Gasteiger partial charge in [-0.15, -0.1) is 0 Å².